The van der Waals surface area contributed by atoms with E-state index in [0.717, 1.165) is 12.8 Å². The van der Waals surface area contributed by atoms with Crippen molar-refractivity contribution < 1.29 is 9.90 Å². The van der Waals surface area contributed by atoms with Crippen molar-refractivity contribution in [2.45, 2.75) is 46.6 Å². The van der Waals surface area contributed by atoms with Crippen LogP contribution >= 0.6 is 0 Å². The van der Waals surface area contributed by atoms with E-state index < -0.39 is 0 Å². The van der Waals surface area contributed by atoms with Gasteiger partial charge in [0.05, 0.1) is 0 Å². The van der Waals surface area contributed by atoms with Crippen LogP contribution in [0, 0.1) is 11.8 Å². The molecule has 0 saturated heterocycles. The molecule has 4 nitrogen and oxygen atoms in total. The van der Waals surface area contributed by atoms with Gasteiger partial charge in [-0.25, -0.2) is 4.79 Å². The van der Waals surface area contributed by atoms with Gasteiger partial charge in [0, 0.05) is 19.2 Å². The van der Waals surface area contributed by atoms with Gasteiger partial charge in [0.25, 0.3) is 0 Å². The molecule has 0 saturated carbocycles. The average molecular weight is 230 g/mol. The SMILES string of the molecule is CC(C)CC(CCO)CNC(=O)NC(C)C. The normalized spacial score (nSPS) is 12.9. The first-order valence-electron chi connectivity index (χ1n) is 6.10. The number of urea groups is 1. The second kappa shape index (κ2) is 8.39. The second-order valence-electron chi connectivity index (χ2n) is 5.02. The number of aliphatic hydroxyl groups is 1. The van der Waals surface area contributed by atoms with Crippen LogP contribution in [0.15, 0.2) is 0 Å². The Morgan fingerprint density at radius 1 is 1.25 bits per heavy atom. The van der Waals surface area contributed by atoms with E-state index in [-0.39, 0.29) is 18.7 Å². The summed E-state index contributed by atoms with van der Waals surface area (Å²) in [5.74, 6) is 0.953. The van der Waals surface area contributed by atoms with E-state index >= 15 is 0 Å². The third-order valence-electron chi connectivity index (χ3n) is 2.31. The molecule has 0 bridgehead atoms. The molecule has 2 amide bonds. The number of rotatable bonds is 7. The summed E-state index contributed by atoms with van der Waals surface area (Å²) in [6.07, 6.45) is 1.78. The molecule has 4 heteroatoms. The standard InChI is InChI=1S/C12H26N2O2/c1-9(2)7-11(5-6-15)8-13-12(16)14-10(3)4/h9-11,15H,5-8H2,1-4H3,(H2,13,14,16). The van der Waals surface area contributed by atoms with Crippen LogP contribution in [-0.4, -0.2) is 30.3 Å². The maximum absolute atomic E-state index is 11.4. The molecule has 0 fully saturated rings. The molecule has 0 aromatic carbocycles. The van der Waals surface area contributed by atoms with Gasteiger partial charge in [0.15, 0.2) is 0 Å². The molecular weight excluding hydrogens is 204 g/mol. The summed E-state index contributed by atoms with van der Waals surface area (Å²) in [7, 11) is 0. The molecule has 16 heavy (non-hydrogen) atoms. The van der Waals surface area contributed by atoms with Crippen LogP contribution < -0.4 is 10.6 Å². The van der Waals surface area contributed by atoms with E-state index in [1.54, 1.807) is 0 Å². The maximum atomic E-state index is 11.4. The lowest BCUT2D eigenvalue weighted by atomic mass is 9.94. The van der Waals surface area contributed by atoms with Crippen molar-refractivity contribution in [1.82, 2.24) is 10.6 Å². The van der Waals surface area contributed by atoms with Crippen LogP contribution in [-0.2, 0) is 0 Å². The van der Waals surface area contributed by atoms with Crippen molar-refractivity contribution in [2.24, 2.45) is 11.8 Å². The molecule has 96 valence electrons. The van der Waals surface area contributed by atoms with Gasteiger partial charge in [-0.05, 0) is 38.5 Å². The molecule has 0 aliphatic heterocycles. The highest BCUT2D eigenvalue weighted by atomic mass is 16.3. The van der Waals surface area contributed by atoms with Gasteiger partial charge in [0.2, 0.25) is 0 Å². The summed E-state index contributed by atoms with van der Waals surface area (Å²) in [6.45, 7) is 8.98. The van der Waals surface area contributed by atoms with E-state index in [1.165, 1.54) is 0 Å². The van der Waals surface area contributed by atoms with Crippen molar-refractivity contribution in [3.05, 3.63) is 0 Å². The molecule has 0 spiro atoms. The van der Waals surface area contributed by atoms with Crippen molar-refractivity contribution >= 4 is 6.03 Å². The lowest BCUT2D eigenvalue weighted by molar-refractivity contribution is 0.223. The number of aliphatic hydroxyl groups excluding tert-OH is 1. The van der Waals surface area contributed by atoms with Crippen molar-refractivity contribution in [1.29, 1.82) is 0 Å². The topological polar surface area (TPSA) is 61.4 Å². The number of nitrogens with one attached hydrogen (secondary N) is 2. The molecular formula is C12H26N2O2. The molecule has 0 rings (SSSR count). The summed E-state index contributed by atoms with van der Waals surface area (Å²) >= 11 is 0. The Morgan fingerprint density at radius 2 is 1.88 bits per heavy atom. The van der Waals surface area contributed by atoms with Gasteiger partial charge in [0.1, 0.15) is 0 Å². The summed E-state index contributed by atoms with van der Waals surface area (Å²) < 4.78 is 0. The van der Waals surface area contributed by atoms with E-state index in [1.807, 2.05) is 13.8 Å². The minimum Gasteiger partial charge on any atom is -0.396 e. The Morgan fingerprint density at radius 3 is 2.31 bits per heavy atom. The highest BCUT2D eigenvalue weighted by Crippen LogP contribution is 2.14. The van der Waals surface area contributed by atoms with Gasteiger partial charge >= 0.3 is 6.03 Å². The smallest absolute Gasteiger partial charge is 0.314 e. The highest BCUT2D eigenvalue weighted by Gasteiger charge is 2.12. The molecule has 3 N–H and O–H groups in total. The Labute approximate surface area is 98.8 Å². The lowest BCUT2D eigenvalue weighted by Gasteiger charge is -2.19. The van der Waals surface area contributed by atoms with Gasteiger partial charge in [-0.1, -0.05) is 13.8 Å². The molecule has 0 aliphatic carbocycles. The first kappa shape index (κ1) is 15.2. The Kier molecular flexibility index (Phi) is 7.99. The van der Waals surface area contributed by atoms with Crippen LogP contribution in [0.2, 0.25) is 0 Å². The first-order chi connectivity index (χ1) is 7.45. The molecule has 1 atom stereocenters. The van der Waals surface area contributed by atoms with Crippen LogP contribution in [0.4, 0.5) is 4.79 Å². The second-order valence-corrected chi connectivity index (χ2v) is 5.02. The minimum absolute atomic E-state index is 0.123. The fraction of sp³-hybridized carbons (Fsp3) is 0.917. The van der Waals surface area contributed by atoms with Gasteiger partial charge in [-0.3, -0.25) is 0 Å². The van der Waals surface area contributed by atoms with Gasteiger partial charge in [-0.15, -0.1) is 0 Å². The number of hydrogen-bond donors (Lipinski definition) is 3. The van der Waals surface area contributed by atoms with Gasteiger partial charge < -0.3 is 15.7 Å². The van der Waals surface area contributed by atoms with Crippen molar-refractivity contribution in [3.63, 3.8) is 0 Å². The molecule has 0 aliphatic rings. The third-order valence-corrected chi connectivity index (χ3v) is 2.31. The molecule has 0 radical (unpaired) electrons. The van der Waals surface area contributed by atoms with Crippen LogP contribution in [0.5, 0.6) is 0 Å². The zero-order valence-corrected chi connectivity index (χ0v) is 10.9. The van der Waals surface area contributed by atoms with Crippen LogP contribution in [0.1, 0.15) is 40.5 Å². The fourth-order valence-electron chi connectivity index (χ4n) is 1.70. The summed E-state index contributed by atoms with van der Waals surface area (Å²) in [5.41, 5.74) is 0. The van der Waals surface area contributed by atoms with E-state index in [0.29, 0.717) is 18.4 Å². The molecule has 1 unspecified atom stereocenters. The number of carbonyl (C=O) groups is 1. The largest absolute Gasteiger partial charge is 0.396 e. The molecule has 0 aromatic rings. The fourth-order valence-corrected chi connectivity index (χ4v) is 1.70. The van der Waals surface area contributed by atoms with Crippen molar-refractivity contribution in [2.75, 3.05) is 13.2 Å². The average Bonchev–Trinajstić information content (AvgIpc) is 2.12. The minimum atomic E-state index is -0.123. The summed E-state index contributed by atoms with van der Waals surface area (Å²) in [5, 5.41) is 14.6. The third kappa shape index (κ3) is 8.53. The number of carbonyl (C=O) groups excluding carboxylic acids is 1. The quantitative estimate of drug-likeness (QED) is 0.624. The monoisotopic (exact) mass is 230 g/mol. The predicted molar refractivity (Wildman–Crippen MR) is 66.3 cm³/mol. The Balaban J connectivity index is 3.86. The van der Waals surface area contributed by atoms with E-state index in [9.17, 15) is 4.79 Å². The number of amides is 2. The van der Waals surface area contributed by atoms with Crippen LogP contribution in [0.25, 0.3) is 0 Å². The van der Waals surface area contributed by atoms with E-state index in [4.69, 9.17) is 5.11 Å². The number of hydrogen-bond acceptors (Lipinski definition) is 2. The predicted octanol–water partition coefficient (Wildman–Crippen LogP) is 1.74. The van der Waals surface area contributed by atoms with Gasteiger partial charge in [-0.2, -0.15) is 0 Å². The molecule has 0 aromatic heterocycles. The highest BCUT2D eigenvalue weighted by molar-refractivity contribution is 5.74. The Hall–Kier alpha value is -0.770. The zero-order chi connectivity index (χ0) is 12.6. The van der Waals surface area contributed by atoms with Crippen molar-refractivity contribution in [3.8, 4) is 0 Å². The summed E-state index contributed by atoms with van der Waals surface area (Å²) in [6, 6.07) is 0.0306. The Bertz CT molecular complexity index is 193. The molecule has 0 heterocycles. The summed E-state index contributed by atoms with van der Waals surface area (Å²) in [4.78, 5) is 11.4. The first-order valence-corrected chi connectivity index (χ1v) is 6.10. The lowest BCUT2D eigenvalue weighted by Crippen LogP contribution is -2.41. The zero-order valence-electron chi connectivity index (χ0n) is 10.9. The maximum Gasteiger partial charge on any atom is 0.314 e. The van der Waals surface area contributed by atoms with Crippen LogP contribution in [0.3, 0.4) is 0 Å². The van der Waals surface area contributed by atoms with E-state index in [2.05, 4.69) is 24.5 Å².